The molecule has 0 unspecified atom stereocenters. The fraction of sp³-hybridized carbons (Fsp3) is 0.154. The largest absolute Gasteiger partial charge is 0.573 e. The highest BCUT2D eigenvalue weighted by atomic mass is 19.4. The Morgan fingerprint density at radius 3 is 2.39 bits per heavy atom. The zero-order valence-corrected chi connectivity index (χ0v) is 11.8. The fourth-order valence-corrected chi connectivity index (χ4v) is 1.64. The monoisotopic (exact) mass is 327 g/mol. The fourth-order valence-electron chi connectivity index (χ4n) is 1.64. The molecule has 0 spiro atoms. The van der Waals surface area contributed by atoms with Crippen LogP contribution in [0.3, 0.4) is 0 Å². The molecule has 0 saturated carbocycles. The van der Waals surface area contributed by atoms with Crippen molar-refractivity contribution in [1.82, 2.24) is 9.97 Å². The van der Waals surface area contributed by atoms with E-state index in [0.29, 0.717) is 11.4 Å². The summed E-state index contributed by atoms with van der Waals surface area (Å²) in [7, 11) is 0. The number of ether oxygens (including phenoxy) is 1. The molecule has 0 aliphatic heterocycles. The van der Waals surface area contributed by atoms with Crippen molar-refractivity contribution in [1.29, 1.82) is 5.41 Å². The number of anilines is 2. The van der Waals surface area contributed by atoms with Gasteiger partial charge < -0.3 is 15.2 Å². The third-order valence-corrected chi connectivity index (χ3v) is 2.43. The van der Waals surface area contributed by atoms with Crippen LogP contribution in [-0.4, -0.2) is 27.4 Å². The Balaban J connectivity index is 1.97. The molecule has 0 saturated heterocycles. The van der Waals surface area contributed by atoms with E-state index >= 15 is 0 Å². The highest BCUT2D eigenvalue weighted by molar-refractivity contribution is 6.00. The van der Waals surface area contributed by atoms with Crippen molar-refractivity contribution in [2.45, 2.75) is 13.3 Å². The molecule has 2 aromatic rings. The number of hydrogen-bond acceptors (Lipinski definition) is 5. The number of aromatic nitrogens is 2. The maximum atomic E-state index is 12.0. The van der Waals surface area contributed by atoms with Gasteiger partial charge in [0.05, 0.1) is 0 Å². The summed E-state index contributed by atoms with van der Waals surface area (Å²) in [6.07, 6.45) is -4.76. The molecule has 1 aromatic heterocycles. The second-order valence-electron chi connectivity index (χ2n) is 4.39. The summed E-state index contributed by atoms with van der Waals surface area (Å²) in [4.78, 5) is 7.64. The van der Waals surface area contributed by atoms with Crippen molar-refractivity contribution in [2.24, 2.45) is 0 Å². The van der Waals surface area contributed by atoms with E-state index in [0.717, 1.165) is 12.1 Å². The third-order valence-electron chi connectivity index (χ3n) is 2.43. The van der Waals surface area contributed by atoms with Gasteiger partial charge in [0.1, 0.15) is 5.75 Å². The number of benzene rings is 1. The Kier molecular flexibility index (Phi) is 4.53. The second-order valence-corrected chi connectivity index (χ2v) is 4.39. The van der Waals surface area contributed by atoms with Gasteiger partial charge >= 0.3 is 6.36 Å². The molecule has 122 valence electrons. The van der Waals surface area contributed by atoms with Crippen molar-refractivity contribution in [2.75, 3.05) is 10.6 Å². The van der Waals surface area contributed by atoms with Crippen LogP contribution >= 0.6 is 0 Å². The van der Waals surface area contributed by atoms with Crippen LogP contribution in [0.25, 0.3) is 0 Å². The first kappa shape index (κ1) is 16.3. The first-order chi connectivity index (χ1) is 10.7. The van der Waals surface area contributed by atoms with Gasteiger partial charge in [-0.15, -0.1) is 13.2 Å². The standard InChI is InChI=1S/C13H12F3N5O2/c1-7-6-10(22)20-12(18-7)21-11(17)19-8-2-4-9(5-3-8)23-13(14,15)16/h2-6H,1H3,(H4,17,18,19,20,21,22). The summed E-state index contributed by atoms with van der Waals surface area (Å²) < 4.78 is 39.9. The first-order valence-electron chi connectivity index (χ1n) is 6.24. The van der Waals surface area contributed by atoms with E-state index in [-0.39, 0.29) is 23.5 Å². The third kappa shape index (κ3) is 5.34. The van der Waals surface area contributed by atoms with Crippen molar-refractivity contribution < 1.29 is 23.0 Å². The van der Waals surface area contributed by atoms with Crippen molar-refractivity contribution in [3.8, 4) is 11.6 Å². The lowest BCUT2D eigenvalue weighted by molar-refractivity contribution is -0.274. The topological polar surface area (TPSA) is 103 Å². The minimum absolute atomic E-state index is 0.0111. The molecule has 0 radical (unpaired) electrons. The minimum Gasteiger partial charge on any atom is -0.493 e. The summed E-state index contributed by atoms with van der Waals surface area (Å²) in [6.45, 7) is 1.64. The minimum atomic E-state index is -4.76. The highest BCUT2D eigenvalue weighted by Gasteiger charge is 2.30. The summed E-state index contributed by atoms with van der Waals surface area (Å²) in [5, 5.41) is 22.1. The zero-order valence-electron chi connectivity index (χ0n) is 11.8. The number of rotatable bonds is 3. The predicted octanol–water partition coefficient (Wildman–Crippen LogP) is 2.85. The van der Waals surface area contributed by atoms with Gasteiger partial charge in [-0.1, -0.05) is 0 Å². The number of aryl methyl sites for hydroxylation is 1. The van der Waals surface area contributed by atoms with Crippen molar-refractivity contribution >= 4 is 17.6 Å². The summed E-state index contributed by atoms with van der Waals surface area (Å²) in [5.41, 5.74) is 0.857. The molecule has 0 bridgehead atoms. The van der Waals surface area contributed by atoms with Crippen LogP contribution in [0.2, 0.25) is 0 Å². The Bertz CT molecular complexity index is 683. The average Bonchev–Trinajstić information content (AvgIpc) is 2.38. The molecule has 2 rings (SSSR count). The van der Waals surface area contributed by atoms with Crippen molar-refractivity contribution in [3.63, 3.8) is 0 Å². The van der Waals surface area contributed by atoms with Gasteiger partial charge in [-0.25, -0.2) is 4.98 Å². The van der Waals surface area contributed by atoms with Crippen LogP contribution in [0.1, 0.15) is 5.69 Å². The van der Waals surface area contributed by atoms with Crippen LogP contribution in [0.4, 0.5) is 24.8 Å². The molecule has 1 aromatic carbocycles. The molecule has 10 heteroatoms. The zero-order chi connectivity index (χ0) is 17.0. The number of aromatic hydroxyl groups is 1. The van der Waals surface area contributed by atoms with E-state index < -0.39 is 6.36 Å². The molecule has 0 aliphatic rings. The summed E-state index contributed by atoms with van der Waals surface area (Å²) in [6, 6.07) is 6.19. The number of halogens is 3. The molecule has 7 nitrogen and oxygen atoms in total. The maximum Gasteiger partial charge on any atom is 0.573 e. The van der Waals surface area contributed by atoms with Gasteiger partial charge in [-0.05, 0) is 31.2 Å². The smallest absolute Gasteiger partial charge is 0.493 e. The molecular weight excluding hydrogens is 315 g/mol. The van der Waals surface area contributed by atoms with E-state index in [1.807, 2.05) is 0 Å². The second kappa shape index (κ2) is 6.38. The highest BCUT2D eigenvalue weighted by Crippen LogP contribution is 2.23. The molecule has 0 amide bonds. The van der Waals surface area contributed by atoms with Crippen LogP contribution in [-0.2, 0) is 0 Å². The van der Waals surface area contributed by atoms with E-state index in [9.17, 15) is 18.3 Å². The molecule has 0 aliphatic carbocycles. The SMILES string of the molecule is Cc1cc(O)nc(NC(=N)Nc2ccc(OC(F)(F)F)cc2)n1. The number of guanidine groups is 1. The van der Waals surface area contributed by atoms with Crippen LogP contribution in [0.5, 0.6) is 11.6 Å². The normalized spacial score (nSPS) is 11.0. The predicted molar refractivity (Wildman–Crippen MR) is 76.5 cm³/mol. The molecule has 4 N–H and O–H groups in total. The Morgan fingerprint density at radius 1 is 1.17 bits per heavy atom. The number of nitrogens with one attached hydrogen (secondary N) is 3. The molecule has 1 heterocycles. The van der Waals surface area contributed by atoms with Gasteiger partial charge in [0.2, 0.25) is 11.8 Å². The lowest BCUT2D eigenvalue weighted by Crippen LogP contribution is -2.22. The van der Waals surface area contributed by atoms with E-state index in [2.05, 4.69) is 25.3 Å². The van der Waals surface area contributed by atoms with Gasteiger partial charge in [0.25, 0.3) is 0 Å². The maximum absolute atomic E-state index is 12.0. The average molecular weight is 327 g/mol. The molecule has 23 heavy (non-hydrogen) atoms. The van der Waals surface area contributed by atoms with Crippen LogP contribution in [0.15, 0.2) is 30.3 Å². The quantitative estimate of drug-likeness (QED) is 0.510. The van der Waals surface area contributed by atoms with E-state index in [1.54, 1.807) is 6.92 Å². The van der Waals surface area contributed by atoms with Gasteiger partial charge in [0, 0.05) is 17.4 Å². The lowest BCUT2D eigenvalue weighted by Gasteiger charge is -2.11. The Hall–Kier alpha value is -3.04. The molecular formula is C13H12F3N5O2. The number of alkyl halides is 3. The van der Waals surface area contributed by atoms with Crippen LogP contribution < -0.4 is 15.4 Å². The van der Waals surface area contributed by atoms with Gasteiger partial charge in [-0.3, -0.25) is 10.7 Å². The van der Waals surface area contributed by atoms with Crippen LogP contribution in [0, 0.1) is 12.3 Å². The lowest BCUT2D eigenvalue weighted by atomic mass is 10.3. The number of hydrogen-bond donors (Lipinski definition) is 4. The van der Waals surface area contributed by atoms with Gasteiger partial charge in [-0.2, -0.15) is 4.98 Å². The van der Waals surface area contributed by atoms with E-state index in [4.69, 9.17) is 5.41 Å². The molecule has 0 fully saturated rings. The Labute approximate surface area is 128 Å². The summed E-state index contributed by atoms with van der Waals surface area (Å²) in [5.74, 6) is -0.826. The van der Waals surface area contributed by atoms with E-state index in [1.165, 1.54) is 18.2 Å². The van der Waals surface area contributed by atoms with Gasteiger partial charge in [0.15, 0.2) is 5.96 Å². The first-order valence-corrected chi connectivity index (χ1v) is 6.24. The summed E-state index contributed by atoms with van der Waals surface area (Å²) >= 11 is 0. The molecule has 0 atom stereocenters. The van der Waals surface area contributed by atoms with Crippen molar-refractivity contribution in [3.05, 3.63) is 36.0 Å². The Morgan fingerprint density at radius 2 is 1.83 bits per heavy atom. The number of nitrogens with zero attached hydrogens (tertiary/aromatic N) is 2.